The number of aromatic nitrogens is 3. The zero-order valence-electron chi connectivity index (χ0n) is 14.1. The molecule has 0 spiro atoms. The minimum Gasteiger partial charge on any atom is -0.352 e. The van der Waals surface area contributed by atoms with Crippen LogP contribution in [0.2, 0.25) is 0 Å². The highest BCUT2D eigenvalue weighted by molar-refractivity contribution is 14.1. The highest BCUT2D eigenvalue weighted by atomic mass is 127. The van der Waals surface area contributed by atoms with E-state index in [9.17, 15) is 0 Å². The molecule has 6 heteroatoms. The number of rotatable bonds is 3. The quantitative estimate of drug-likeness (QED) is 0.628. The highest BCUT2D eigenvalue weighted by Gasteiger charge is 2.23. The average molecular weight is 445 g/mol. The van der Waals surface area contributed by atoms with Crippen molar-refractivity contribution in [3.63, 3.8) is 0 Å². The van der Waals surface area contributed by atoms with Gasteiger partial charge in [-0.3, -0.25) is 10.1 Å². The second-order valence-corrected chi connectivity index (χ2v) is 7.58. The first kappa shape index (κ1) is 16.5. The van der Waals surface area contributed by atoms with Gasteiger partial charge < -0.3 is 9.80 Å². The van der Waals surface area contributed by atoms with Crippen LogP contribution in [0.25, 0.3) is 22.4 Å². The van der Waals surface area contributed by atoms with Crippen molar-refractivity contribution >= 4 is 28.4 Å². The average Bonchev–Trinajstić information content (AvgIpc) is 3.09. The molecule has 0 saturated carbocycles. The van der Waals surface area contributed by atoms with E-state index < -0.39 is 0 Å². The maximum absolute atomic E-state index is 4.70. The lowest BCUT2D eigenvalue weighted by Crippen LogP contribution is -2.44. The van der Waals surface area contributed by atoms with Gasteiger partial charge in [-0.1, -0.05) is 12.1 Å². The van der Waals surface area contributed by atoms with Crippen molar-refractivity contribution < 1.29 is 0 Å². The second kappa shape index (κ2) is 7.13. The maximum atomic E-state index is 4.70. The molecule has 1 aliphatic heterocycles. The molecule has 3 heterocycles. The molecule has 25 heavy (non-hydrogen) atoms. The van der Waals surface area contributed by atoms with Crippen molar-refractivity contribution in [2.24, 2.45) is 0 Å². The first-order chi connectivity index (χ1) is 12.2. The van der Waals surface area contributed by atoms with E-state index in [1.54, 1.807) is 0 Å². The lowest BCUT2D eigenvalue weighted by Gasteiger charge is -2.33. The molecule has 2 aromatic heterocycles. The van der Waals surface area contributed by atoms with Gasteiger partial charge in [-0.05, 0) is 59.5 Å². The first-order valence-electron chi connectivity index (χ1n) is 8.40. The number of aromatic amines is 1. The van der Waals surface area contributed by atoms with Gasteiger partial charge in [0.15, 0.2) is 5.82 Å². The molecule has 3 aromatic rings. The number of benzene rings is 1. The van der Waals surface area contributed by atoms with Crippen LogP contribution < -0.4 is 4.90 Å². The first-order valence-corrected chi connectivity index (χ1v) is 9.48. The van der Waals surface area contributed by atoms with E-state index in [1.807, 2.05) is 12.4 Å². The predicted octanol–water partition coefficient (Wildman–Crippen LogP) is 3.50. The predicted molar refractivity (Wildman–Crippen MR) is 110 cm³/mol. The fourth-order valence-corrected chi connectivity index (χ4v) is 3.56. The number of halogens is 1. The molecule has 1 N–H and O–H groups in total. The minimum absolute atomic E-state index is 0.992. The van der Waals surface area contributed by atoms with Crippen molar-refractivity contribution in [2.75, 3.05) is 38.1 Å². The molecule has 0 radical (unpaired) electrons. The molecule has 0 atom stereocenters. The molecule has 4 rings (SSSR count). The van der Waals surface area contributed by atoms with Gasteiger partial charge in [0.2, 0.25) is 0 Å². The van der Waals surface area contributed by atoms with E-state index in [0.29, 0.717) is 0 Å². The van der Waals surface area contributed by atoms with Crippen molar-refractivity contribution in [1.82, 2.24) is 20.1 Å². The third-order valence-electron chi connectivity index (χ3n) is 4.65. The third-order valence-corrected chi connectivity index (χ3v) is 5.37. The van der Waals surface area contributed by atoms with Gasteiger partial charge in [-0.2, -0.15) is 5.10 Å². The van der Waals surface area contributed by atoms with Crippen molar-refractivity contribution in [1.29, 1.82) is 0 Å². The van der Waals surface area contributed by atoms with E-state index in [4.69, 9.17) is 5.10 Å². The molecular formula is C19H20IN5. The van der Waals surface area contributed by atoms with Gasteiger partial charge in [-0.25, -0.2) is 0 Å². The Bertz CT molecular complexity index is 836. The normalized spacial score (nSPS) is 15.5. The number of nitrogens with zero attached hydrogens (tertiary/aromatic N) is 4. The van der Waals surface area contributed by atoms with Crippen LogP contribution in [0.4, 0.5) is 5.82 Å². The Balaban J connectivity index is 1.81. The number of piperazine rings is 1. The Morgan fingerprint density at radius 3 is 2.28 bits per heavy atom. The van der Waals surface area contributed by atoms with E-state index in [0.717, 1.165) is 54.4 Å². The summed E-state index contributed by atoms with van der Waals surface area (Å²) < 4.78 is 1.23. The van der Waals surface area contributed by atoms with Gasteiger partial charge in [0.1, 0.15) is 0 Å². The molecule has 1 aromatic carbocycles. The molecule has 1 saturated heterocycles. The number of nitrogens with one attached hydrogen (secondary N) is 1. The summed E-state index contributed by atoms with van der Waals surface area (Å²) in [5.74, 6) is 1.04. The number of likely N-dealkylation sites (N-methyl/N-ethyl adjacent to an activating group) is 1. The molecular weight excluding hydrogens is 425 g/mol. The van der Waals surface area contributed by atoms with E-state index >= 15 is 0 Å². The lowest BCUT2D eigenvalue weighted by molar-refractivity contribution is 0.312. The van der Waals surface area contributed by atoms with Crippen molar-refractivity contribution in [2.45, 2.75) is 0 Å². The van der Waals surface area contributed by atoms with Gasteiger partial charge in [-0.15, -0.1) is 0 Å². The summed E-state index contributed by atoms with van der Waals surface area (Å²) >= 11 is 2.33. The van der Waals surface area contributed by atoms with Crippen LogP contribution in [0.1, 0.15) is 0 Å². The van der Waals surface area contributed by atoms with Crippen LogP contribution in [-0.4, -0.2) is 53.3 Å². The SMILES string of the molecule is CN1CCN(c2n[nH]c(-c3ccc(I)cc3)c2-c2ccncc2)CC1. The van der Waals surface area contributed by atoms with Gasteiger partial charge in [0.25, 0.3) is 0 Å². The summed E-state index contributed by atoms with van der Waals surface area (Å²) in [5.41, 5.74) is 4.52. The Kier molecular flexibility index (Phi) is 4.72. The topological polar surface area (TPSA) is 48.0 Å². The number of anilines is 1. The summed E-state index contributed by atoms with van der Waals surface area (Å²) in [6, 6.07) is 12.7. The van der Waals surface area contributed by atoms with Crippen LogP contribution in [-0.2, 0) is 0 Å². The third kappa shape index (κ3) is 3.41. The van der Waals surface area contributed by atoms with Crippen LogP contribution in [0.3, 0.4) is 0 Å². The zero-order chi connectivity index (χ0) is 17.2. The van der Waals surface area contributed by atoms with E-state index in [1.165, 1.54) is 3.57 Å². The largest absolute Gasteiger partial charge is 0.352 e. The molecule has 0 amide bonds. The second-order valence-electron chi connectivity index (χ2n) is 6.33. The van der Waals surface area contributed by atoms with Crippen LogP contribution in [0.15, 0.2) is 48.8 Å². The number of hydrogen-bond acceptors (Lipinski definition) is 4. The van der Waals surface area contributed by atoms with Gasteiger partial charge in [0, 0.05) is 47.7 Å². The minimum atomic E-state index is 0.992. The summed E-state index contributed by atoms with van der Waals surface area (Å²) in [6.45, 7) is 4.10. The molecule has 0 bridgehead atoms. The van der Waals surface area contributed by atoms with Crippen molar-refractivity contribution in [3.05, 3.63) is 52.4 Å². The molecule has 0 unspecified atom stereocenters. The van der Waals surface area contributed by atoms with Gasteiger partial charge in [0.05, 0.1) is 11.3 Å². The smallest absolute Gasteiger partial charge is 0.159 e. The Morgan fingerprint density at radius 2 is 1.60 bits per heavy atom. The Morgan fingerprint density at radius 1 is 0.920 bits per heavy atom. The Labute approximate surface area is 161 Å². The molecule has 5 nitrogen and oxygen atoms in total. The Hall–Kier alpha value is -1.93. The van der Waals surface area contributed by atoms with Crippen molar-refractivity contribution in [3.8, 4) is 22.4 Å². The lowest BCUT2D eigenvalue weighted by atomic mass is 10.0. The van der Waals surface area contributed by atoms with Crippen LogP contribution in [0.5, 0.6) is 0 Å². The summed E-state index contributed by atoms with van der Waals surface area (Å²) in [4.78, 5) is 8.90. The monoisotopic (exact) mass is 445 g/mol. The fraction of sp³-hybridized carbons (Fsp3) is 0.263. The molecule has 1 fully saturated rings. The number of pyridine rings is 1. The number of hydrogen-bond donors (Lipinski definition) is 1. The number of H-pyrrole nitrogens is 1. The van der Waals surface area contributed by atoms with Gasteiger partial charge >= 0.3 is 0 Å². The molecule has 128 valence electrons. The summed E-state index contributed by atoms with van der Waals surface area (Å²) in [7, 11) is 2.17. The molecule has 1 aliphatic rings. The highest BCUT2D eigenvalue weighted by Crippen LogP contribution is 2.38. The molecule has 0 aliphatic carbocycles. The standard InChI is InChI=1S/C19H20IN5/c1-24-10-12-25(13-11-24)19-17(14-6-8-21-9-7-14)18(22-23-19)15-2-4-16(20)5-3-15/h2-9H,10-13H2,1H3,(H,22,23). The van der Waals surface area contributed by atoms with E-state index in [2.05, 4.69) is 85.9 Å². The van der Waals surface area contributed by atoms with Crippen LogP contribution >= 0.6 is 22.6 Å². The maximum Gasteiger partial charge on any atom is 0.159 e. The van der Waals surface area contributed by atoms with E-state index in [-0.39, 0.29) is 0 Å². The fourth-order valence-electron chi connectivity index (χ4n) is 3.20. The summed E-state index contributed by atoms with van der Waals surface area (Å²) in [6.07, 6.45) is 3.68. The summed E-state index contributed by atoms with van der Waals surface area (Å²) in [5, 5.41) is 7.99. The zero-order valence-corrected chi connectivity index (χ0v) is 16.3. The van der Waals surface area contributed by atoms with Crippen LogP contribution in [0, 0.1) is 3.57 Å².